The van der Waals surface area contributed by atoms with Crippen molar-refractivity contribution in [3.05, 3.63) is 0 Å². The first kappa shape index (κ1) is 15.0. The molecular formula is C13H24N2O3. The van der Waals surface area contributed by atoms with Gasteiger partial charge in [0.1, 0.15) is 6.04 Å². The van der Waals surface area contributed by atoms with Crippen LogP contribution in [0.3, 0.4) is 0 Å². The molecule has 1 aliphatic heterocycles. The van der Waals surface area contributed by atoms with E-state index >= 15 is 0 Å². The Bertz CT molecular complexity index is 292. The molecule has 0 bridgehead atoms. The van der Waals surface area contributed by atoms with Crippen LogP contribution < -0.4 is 5.73 Å². The van der Waals surface area contributed by atoms with Gasteiger partial charge in [0.15, 0.2) is 0 Å². The number of carbonyl (C=O) groups excluding carboxylic acids is 2. The number of nitrogens with zero attached hydrogens (tertiary/aromatic N) is 1. The van der Waals surface area contributed by atoms with E-state index in [1.807, 2.05) is 6.92 Å². The summed E-state index contributed by atoms with van der Waals surface area (Å²) < 4.78 is 5.03. The monoisotopic (exact) mass is 256 g/mol. The van der Waals surface area contributed by atoms with Crippen molar-refractivity contribution < 1.29 is 14.3 Å². The van der Waals surface area contributed by atoms with E-state index in [9.17, 15) is 9.59 Å². The molecule has 5 nitrogen and oxygen atoms in total. The summed E-state index contributed by atoms with van der Waals surface area (Å²) in [7, 11) is 0. The summed E-state index contributed by atoms with van der Waals surface area (Å²) in [6, 6.07) is -0.376. The summed E-state index contributed by atoms with van der Waals surface area (Å²) in [5, 5.41) is 0. The number of carbonyl (C=O) groups is 2. The Morgan fingerprint density at radius 2 is 2.17 bits per heavy atom. The van der Waals surface area contributed by atoms with E-state index in [2.05, 4.69) is 0 Å². The van der Waals surface area contributed by atoms with Crippen LogP contribution in [0.15, 0.2) is 0 Å². The van der Waals surface area contributed by atoms with Crippen LogP contribution in [0.2, 0.25) is 0 Å². The lowest BCUT2D eigenvalue weighted by Gasteiger charge is -2.34. The molecule has 1 saturated heterocycles. The number of likely N-dealkylation sites (tertiary alicyclic amines) is 1. The van der Waals surface area contributed by atoms with E-state index in [0.717, 1.165) is 12.8 Å². The lowest BCUT2D eigenvalue weighted by Crippen LogP contribution is -2.48. The zero-order valence-corrected chi connectivity index (χ0v) is 11.4. The van der Waals surface area contributed by atoms with Gasteiger partial charge >= 0.3 is 5.97 Å². The molecular weight excluding hydrogens is 232 g/mol. The average Bonchev–Trinajstić information content (AvgIpc) is 2.36. The van der Waals surface area contributed by atoms with Gasteiger partial charge in [0.05, 0.1) is 6.61 Å². The third kappa shape index (κ3) is 4.29. The SMILES string of the molecule is CCOC(=O)C1CCCCN1C(=O)CCC(C)N. The molecule has 0 aromatic heterocycles. The maximum Gasteiger partial charge on any atom is 0.328 e. The van der Waals surface area contributed by atoms with Crippen molar-refractivity contribution in [2.24, 2.45) is 5.73 Å². The third-order valence-corrected chi connectivity index (χ3v) is 3.20. The first-order chi connectivity index (χ1) is 8.56. The van der Waals surface area contributed by atoms with Crippen LogP contribution in [0, 0.1) is 0 Å². The molecule has 18 heavy (non-hydrogen) atoms. The van der Waals surface area contributed by atoms with Crippen molar-refractivity contribution in [3.63, 3.8) is 0 Å². The van der Waals surface area contributed by atoms with Crippen LogP contribution in [-0.2, 0) is 14.3 Å². The van der Waals surface area contributed by atoms with Gasteiger partial charge in [-0.15, -0.1) is 0 Å². The van der Waals surface area contributed by atoms with Crippen LogP contribution in [0.1, 0.15) is 46.0 Å². The fraction of sp³-hybridized carbons (Fsp3) is 0.846. The Hall–Kier alpha value is -1.10. The third-order valence-electron chi connectivity index (χ3n) is 3.20. The van der Waals surface area contributed by atoms with Crippen molar-refractivity contribution >= 4 is 11.9 Å². The summed E-state index contributed by atoms with van der Waals surface area (Å²) in [6.07, 6.45) is 3.71. The smallest absolute Gasteiger partial charge is 0.328 e. The number of rotatable bonds is 5. The fourth-order valence-corrected chi connectivity index (χ4v) is 2.21. The molecule has 2 N–H and O–H groups in total. The predicted octanol–water partition coefficient (Wildman–Crippen LogP) is 1.06. The van der Waals surface area contributed by atoms with Crippen LogP contribution in [0.4, 0.5) is 0 Å². The number of amides is 1. The average molecular weight is 256 g/mol. The molecule has 2 unspecified atom stereocenters. The Morgan fingerprint density at radius 3 is 2.78 bits per heavy atom. The van der Waals surface area contributed by atoms with Crippen LogP contribution in [0.5, 0.6) is 0 Å². The van der Waals surface area contributed by atoms with E-state index in [1.54, 1.807) is 11.8 Å². The first-order valence-electron chi connectivity index (χ1n) is 6.78. The molecule has 1 rings (SSSR count). The highest BCUT2D eigenvalue weighted by atomic mass is 16.5. The fourth-order valence-electron chi connectivity index (χ4n) is 2.21. The zero-order chi connectivity index (χ0) is 13.5. The van der Waals surface area contributed by atoms with Gasteiger partial charge in [-0.05, 0) is 39.5 Å². The summed E-state index contributed by atoms with van der Waals surface area (Å²) in [4.78, 5) is 25.6. The molecule has 0 saturated carbocycles. The van der Waals surface area contributed by atoms with Crippen LogP contribution in [-0.4, -0.2) is 42.0 Å². The number of esters is 1. The largest absolute Gasteiger partial charge is 0.464 e. The maximum atomic E-state index is 12.1. The topological polar surface area (TPSA) is 72.6 Å². The second kappa shape index (κ2) is 7.36. The van der Waals surface area contributed by atoms with Crippen molar-refractivity contribution in [2.45, 2.75) is 58.0 Å². The molecule has 0 radical (unpaired) electrons. The van der Waals surface area contributed by atoms with E-state index < -0.39 is 0 Å². The summed E-state index contributed by atoms with van der Waals surface area (Å²) >= 11 is 0. The minimum atomic E-state index is -0.390. The van der Waals surface area contributed by atoms with Crippen LogP contribution >= 0.6 is 0 Å². The number of ether oxygens (including phenoxy) is 1. The highest BCUT2D eigenvalue weighted by molar-refractivity contribution is 5.84. The second-order valence-corrected chi connectivity index (χ2v) is 4.87. The molecule has 0 aromatic carbocycles. The maximum absolute atomic E-state index is 12.1. The molecule has 104 valence electrons. The van der Waals surface area contributed by atoms with Gasteiger partial charge < -0.3 is 15.4 Å². The molecule has 0 spiro atoms. The molecule has 0 aromatic rings. The van der Waals surface area contributed by atoms with Crippen molar-refractivity contribution in [1.29, 1.82) is 0 Å². The summed E-state index contributed by atoms with van der Waals surface area (Å²) in [5.41, 5.74) is 5.65. The van der Waals surface area contributed by atoms with Crippen LogP contribution in [0.25, 0.3) is 0 Å². The van der Waals surface area contributed by atoms with Gasteiger partial charge in [0.2, 0.25) is 5.91 Å². The van der Waals surface area contributed by atoms with Gasteiger partial charge in [-0.2, -0.15) is 0 Å². The lowest BCUT2D eigenvalue weighted by molar-refractivity contribution is -0.156. The second-order valence-electron chi connectivity index (χ2n) is 4.87. The number of hydrogen-bond acceptors (Lipinski definition) is 4. The van der Waals surface area contributed by atoms with Crippen molar-refractivity contribution in [1.82, 2.24) is 4.90 Å². The molecule has 1 fully saturated rings. The number of piperidine rings is 1. The van der Waals surface area contributed by atoms with Gasteiger partial charge in [0, 0.05) is 19.0 Å². The molecule has 0 aliphatic carbocycles. The highest BCUT2D eigenvalue weighted by Crippen LogP contribution is 2.19. The minimum Gasteiger partial charge on any atom is -0.464 e. The molecule has 1 heterocycles. The number of hydrogen-bond donors (Lipinski definition) is 1. The van der Waals surface area contributed by atoms with Gasteiger partial charge in [-0.25, -0.2) is 4.79 Å². The van der Waals surface area contributed by atoms with Gasteiger partial charge in [-0.1, -0.05) is 0 Å². The van der Waals surface area contributed by atoms with E-state index in [4.69, 9.17) is 10.5 Å². The van der Waals surface area contributed by atoms with Gasteiger partial charge in [-0.3, -0.25) is 4.79 Å². The van der Waals surface area contributed by atoms with E-state index in [0.29, 0.717) is 32.4 Å². The lowest BCUT2D eigenvalue weighted by atomic mass is 10.0. The molecule has 5 heteroatoms. The molecule has 2 atom stereocenters. The van der Waals surface area contributed by atoms with Crippen molar-refractivity contribution in [3.8, 4) is 0 Å². The van der Waals surface area contributed by atoms with Gasteiger partial charge in [0.25, 0.3) is 0 Å². The van der Waals surface area contributed by atoms with E-state index in [-0.39, 0.29) is 24.0 Å². The van der Waals surface area contributed by atoms with E-state index in [1.165, 1.54) is 0 Å². The Labute approximate surface area is 109 Å². The minimum absolute atomic E-state index is 0.0137. The Morgan fingerprint density at radius 1 is 1.44 bits per heavy atom. The molecule has 1 amide bonds. The standard InChI is InChI=1S/C13H24N2O3/c1-3-18-13(17)11-6-4-5-9-15(11)12(16)8-7-10(2)14/h10-11H,3-9,14H2,1-2H3. The Kier molecular flexibility index (Phi) is 6.12. The highest BCUT2D eigenvalue weighted by Gasteiger charge is 2.32. The van der Waals surface area contributed by atoms with Crippen molar-refractivity contribution in [2.75, 3.05) is 13.2 Å². The number of nitrogens with two attached hydrogens (primary N) is 1. The quantitative estimate of drug-likeness (QED) is 0.746. The predicted molar refractivity (Wildman–Crippen MR) is 68.9 cm³/mol. The first-order valence-corrected chi connectivity index (χ1v) is 6.78. The molecule has 1 aliphatic rings. The Balaban J connectivity index is 2.58. The normalized spacial score (nSPS) is 21.5. The summed E-state index contributed by atoms with van der Waals surface area (Å²) in [5.74, 6) is -0.253. The summed E-state index contributed by atoms with van der Waals surface area (Å²) in [6.45, 7) is 4.67. The zero-order valence-electron chi connectivity index (χ0n) is 11.4.